The Kier molecular flexibility index (Phi) is 10.5. The van der Waals surface area contributed by atoms with Gasteiger partial charge in [-0.2, -0.15) is 0 Å². The molecule has 0 aromatic heterocycles. The molecule has 48 heavy (non-hydrogen) atoms. The van der Waals surface area contributed by atoms with Gasteiger partial charge in [-0.05, 0) is 22.3 Å². The number of rotatable bonds is 6. The topological polar surface area (TPSA) is 0 Å². The van der Waals surface area contributed by atoms with Crippen molar-refractivity contribution in [1.82, 2.24) is 0 Å². The normalized spacial score (nSPS) is 11.0. The van der Waals surface area contributed by atoms with Gasteiger partial charge < -0.3 is 14.9 Å². The molecule has 2 heteroatoms. The van der Waals surface area contributed by atoms with E-state index in [1.807, 2.05) is 0 Å². The van der Waals surface area contributed by atoms with Crippen LogP contribution in [-0.2, 0) is 25.8 Å². The first kappa shape index (κ1) is 34.9. The summed E-state index contributed by atoms with van der Waals surface area (Å²) in [6, 6.07) is 62.5. The molecule has 0 radical (unpaired) electrons. The van der Waals surface area contributed by atoms with Crippen molar-refractivity contribution in [3.63, 3.8) is 0 Å². The van der Waals surface area contributed by atoms with Crippen LogP contribution in [-0.4, -0.2) is 8.07 Å². The Morgan fingerprint density at radius 1 is 0.354 bits per heavy atom. The molecule has 0 saturated carbocycles. The van der Waals surface area contributed by atoms with Gasteiger partial charge in [-0.3, -0.25) is 0 Å². The molecule has 0 saturated heterocycles. The zero-order valence-corrected chi connectivity index (χ0v) is 32.8. The molecule has 0 heterocycles. The summed E-state index contributed by atoms with van der Waals surface area (Å²) in [5.41, 5.74) is 10.3. The van der Waals surface area contributed by atoms with Crippen LogP contribution in [0.5, 0.6) is 0 Å². The van der Waals surface area contributed by atoms with Crippen LogP contribution in [0, 0.1) is 14.9 Å². The second kappa shape index (κ2) is 14.4. The van der Waals surface area contributed by atoms with Gasteiger partial charge in [-0.15, -0.1) is 67.3 Å². The van der Waals surface area contributed by atoms with E-state index in [0.29, 0.717) is 0 Å². The van der Waals surface area contributed by atoms with E-state index in [2.05, 4.69) is 183 Å². The summed E-state index contributed by atoms with van der Waals surface area (Å²) >= 11 is 0. The summed E-state index contributed by atoms with van der Waals surface area (Å²) in [6.45, 7) is 5.11. The third-order valence-electron chi connectivity index (χ3n) is 9.45. The van der Waals surface area contributed by atoms with Gasteiger partial charge in [0, 0.05) is 8.07 Å². The predicted octanol–water partition coefficient (Wildman–Crippen LogP) is 11.8. The van der Waals surface area contributed by atoms with Crippen LogP contribution < -0.4 is 10.4 Å². The third kappa shape index (κ3) is 6.16. The average Bonchev–Trinajstić information content (AvgIpc) is 3.70. The first-order chi connectivity index (χ1) is 22.1. The summed E-state index contributed by atoms with van der Waals surface area (Å²) in [5.74, 6) is 0. The van der Waals surface area contributed by atoms with Gasteiger partial charge in [0.05, 0.1) is 0 Å². The van der Waals surface area contributed by atoms with Crippen molar-refractivity contribution in [3.05, 3.63) is 185 Å². The quantitative estimate of drug-likeness (QED) is 0.116. The van der Waals surface area contributed by atoms with Crippen molar-refractivity contribution in [2.24, 2.45) is 0 Å². The van der Waals surface area contributed by atoms with Crippen LogP contribution >= 0.6 is 0 Å². The molecule has 0 unspecified atom stereocenters. The van der Waals surface area contributed by atoms with Gasteiger partial charge >= 0.3 is 25.8 Å². The van der Waals surface area contributed by atoms with E-state index in [9.17, 15) is 0 Å². The Morgan fingerprint density at radius 3 is 1.02 bits per heavy atom. The number of hydrogen-bond acceptors (Lipinski definition) is 0. The monoisotopic (exact) mass is 800 g/mol. The maximum absolute atomic E-state index is 2.56. The van der Waals surface area contributed by atoms with Crippen LogP contribution in [0.4, 0.5) is 0 Å². The van der Waals surface area contributed by atoms with E-state index < -0.39 is 8.07 Å². The van der Waals surface area contributed by atoms with Crippen molar-refractivity contribution in [3.8, 4) is 44.5 Å². The van der Waals surface area contributed by atoms with Gasteiger partial charge in [-0.1, -0.05) is 170 Å². The Bertz CT molecular complexity index is 2090. The van der Waals surface area contributed by atoms with Gasteiger partial charge in [0.15, 0.2) is 0 Å². The smallest absolute Gasteiger partial charge is 0.358 e. The molecular weight excluding hydrogens is 759 g/mol. The fraction of sp³-hybridized carbons (Fsp3) is 0.0435. The molecule has 232 valence electrons. The Hall–Kier alpha value is -4.37. The molecule has 0 aliphatic carbocycles. The average molecular weight is 799 g/mol. The van der Waals surface area contributed by atoms with Gasteiger partial charge in [0.2, 0.25) is 0 Å². The zero-order valence-electron chi connectivity index (χ0n) is 28.2. The van der Waals surface area contributed by atoms with E-state index in [1.54, 1.807) is 0 Å². The van der Waals surface area contributed by atoms with Gasteiger partial charge in [0.25, 0.3) is 0 Å². The summed E-state index contributed by atoms with van der Waals surface area (Å²) in [7, 11) is -2.29. The molecule has 0 aliphatic heterocycles. The fourth-order valence-electron chi connectivity index (χ4n) is 7.32. The Balaban J connectivity index is 0.00000150. The molecule has 0 amide bonds. The Morgan fingerprint density at radius 2 is 0.646 bits per heavy atom. The molecule has 8 aromatic rings. The van der Waals surface area contributed by atoms with Crippen molar-refractivity contribution in [1.29, 1.82) is 0 Å². The SMILES string of the molecule is C[Si](C)(c1c(-c2ccc(-c3ccccc3)cc2)[cH-]c2ccccc12)c1c(-c2ccc(-c3ccccc3)cc2)[cH-]c2ccccc12.[CH3-].[CH3-].[Hf+4]. The van der Waals surface area contributed by atoms with Gasteiger partial charge in [-0.25, -0.2) is 0 Å². The van der Waals surface area contributed by atoms with E-state index in [0.717, 1.165) is 0 Å². The summed E-state index contributed by atoms with van der Waals surface area (Å²) in [5, 5.41) is 8.44. The van der Waals surface area contributed by atoms with Crippen LogP contribution in [0.25, 0.3) is 66.1 Å². The Labute approximate surface area is 306 Å². The minimum Gasteiger partial charge on any atom is -0.358 e. The summed E-state index contributed by atoms with van der Waals surface area (Å²) in [4.78, 5) is 0. The van der Waals surface area contributed by atoms with Crippen LogP contribution in [0.3, 0.4) is 0 Å². The predicted molar refractivity (Wildman–Crippen MR) is 210 cm³/mol. The molecule has 0 atom stereocenters. The van der Waals surface area contributed by atoms with E-state index in [-0.39, 0.29) is 40.7 Å². The molecule has 8 aromatic carbocycles. The third-order valence-corrected chi connectivity index (χ3v) is 13.0. The second-order valence-electron chi connectivity index (χ2n) is 12.6. The molecule has 0 bridgehead atoms. The summed E-state index contributed by atoms with van der Waals surface area (Å²) in [6.07, 6.45) is 0. The minimum absolute atomic E-state index is 0. The van der Waals surface area contributed by atoms with E-state index >= 15 is 0 Å². The van der Waals surface area contributed by atoms with Crippen molar-refractivity contribution < 1.29 is 25.8 Å². The standard InChI is InChI=1S/C44H34Si.2CH3.Hf/c1-45(2,43-39-19-11-9-17-37(39)29-41(43)35-25-21-33(22-26-35)31-13-5-3-6-14-31)44-40-20-12-10-18-38(40)30-42(44)36-27-23-34(24-28-36)32-15-7-4-8-16-32;;;/h3-30H,1-2H3;2*1H3;/q-2;2*-1;+4. The number of hydrogen-bond donors (Lipinski definition) is 0. The second-order valence-corrected chi connectivity index (χ2v) is 16.8. The molecule has 0 N–H and O–H groups in total. The molecule has 0 fully saturated rings. The van der Waals surface area contributed by atoms with Crippen molar-refractivity contribution in [2.75, 3.05) is 0 Å². The zero-order chi connectivity index (χ0) is 30.4. The van der Waals surface area contributed by atoms with Crippen molar-refractivity contribution >= 4 is 40.0 Å². The first-order valence-corrected chi connectivity index (χ1v) is 18.8. The van der Waals surface area contributed by atoms with Gasteiger partial charge in [0.1, 0.15) is 0 Å². The molecule has 0 aliphatic rings. The number of fused-ring (bicyclic) bond motifs is 2. The summed E-state index contributed by atoms with van der Waals surface area (Å²) < 4.78 is 0. The van der Waals surface area contributed by atoms with Crippen LogP contribution in [0.1, 0.15) is 0 Å². The minimum atomic E-state index is -2.29. The molecule has 0 nitrogen and oxygen atoms in total. The van der Waals surface area contributed by atoms with E-state index in [1.165, 1.54) is 76.4 Å². The van der Waals surface area contributed by atoms with Crippen LogP contribution in [0.2, 0.25) is 13.1 Å². The van der Waals surface area contributed by atoms with Crippen LogP contribution in [0.15, 0.2) is 170 Å². The van der Waals surface area contributed by atoms with Crippen molar-refractivity contribution in [2.45, 2.75) is 13.1 Å². The molecular formula is C46H40HfSi. The molecule has 8 rings (SSSR count). The maximum Gasteiger partial charge on any atom is 4.00 e. The maximum atomic E-state index is 2.56. The number of benzene rings is 6. The fourth-order valence-corrected chi connectivity index (χ4v) is 11.2. The molecule has 0 spiro atoms. The first-order valence-electron chi connectivity index (χ1n) is 15.8. The largest absolute Gasteiger partial charge is 4.00 e. The van der Waals surface area contributed by atoms with E-state index in [4.69, 9.17) is 0 Å².